The largest absolute Gasteiger partial charge is 0.324 e. The second-order valence-electron chi connectivity index (χ2n) is 8.08. The number of benzene rings is 2. The zero-order chi connectivity index (χ0) is 20.3. The molecule has 144 valence electrons. The number of aromatic nitrogens is 2. The standard InChI is InChI=1S/C23H26N4O/c1-15-10-16(2)12-20(11-15)27-22-24-13-17(14-25-22)21(28)26-19-8-6-18(7-9-19)23(3,4)5/h6-14H,1-5H3,(H,26,28)(H,24,25,27). The normalized spacial score (nSPS) is 11.2. The molecule has 0 saturated heterocycles. The molecule has 3 aromatic rings. The van der Waals surface area contributed by atoms with Gasteiger partial charge in [0.25, 0.3) is 5.91 Å². The smallest absolute Gasteiger partial charge is 0.258 e. The molecule has 1 aromatic heterocycles. The minimum Gasteiger partial charge on any atom is -0.324 e. The monoisotopic (exact) mass is 374 g/mol. The topological polar surface area (TPSA) is 66.9 Å². The molecule has 0 radical (unpaired) electrons. The number of hydrogen-bond acceptors (Lipinski definition) is 4. The first-order valence-electron chi connectivity index (χ1n) is 9.30. The molecule has 3 rings (SSSR count). The third-order valence-corrected chi connectivity index (χ3v) is 4.40. The van der Waals surface area contributed by atoms with Crippen LogP contribution in [-0.4, -0.2) is 15.9 Å². The van der Waals surface area contributed by atoms with Crippen LogP contribution in [0.15, 0.2) is 54.9 Å². The maximum Gasteiger partial charge on any atom is 0.258 e. The van der Waals surface area contributed by atoms with E-state index in [0.717, 1.165) is 22.5 Å². The summed E-state index contributed by atoms with van der Waals surface area (Å²) in [5.41, 5.74) is 5.70. The number of rotatable bonds is 4. The van der Waals surface area contributed by atoms with Crippen LogP contribution in [-0.2, 0) is 5.41 Å². The molecule has 2 N–H and O–H groups in total. The molecular formula is C23H26N4O. The Bertz CT molecular complexity index is 951. The second-order valence-corrected chi connectivity index (χ2v) is 8.08. The maximum absolute atomic E-state index is 12.4. The third kappa shape index (κ3) is 4.94. The fraction of sp³-hybridized carbons (Fsp3) is 0.261. The molecule has 0 bridgehead atoms. The molecule has 1 amide bonds. The summed E-state index contributed by atoms with van der Waals surface area (Å²) in [6.45, 7) is 10.6. The Morgan fingerprint density at radius 3 is 1.96 bits per heavy atom. The Labute approximate surface area is 166 Å². The summed E-state index contributed by atoms with van der Waals surface area (Å²) in [5, 5.41) is 6.05. The third-order valence-electron chi connectivity index (χ3n) is 4.40. The van der Waals surface area contributed by atoms with Crippen LogP contribution in [0.3, 0.4) is 0 Å². The fourth-order valence-electron chi connectivity index (χ4n) is 2.94. The van der Waals surface area contributed by atoms with E-state index in [0.29, 0.717) is 11.5 Å². The Morgan fingerprint density at radius 1 is 0.857 bits per heavy atom. The molecule has 0 fully saturated rings. The minimum absolute atomic E-state index is 0.0784. The lowest BCUT2D eigenvalue weighted by atomic mass is 9.87. The van der Waals surface area contributed by atoms with Gasteiger partial charge in [-0.15, -0.1) is 0 Å². The fourth-order valence-corrected chi connectivity index (χ4v) is 2.94. The molecule has 0 aliphatic heterocycles. The van der Waals surface area contributed by atoms with Gasteiger partial charge in [-0.05, 0) is 60.2 Å². The lowest BCUT2D eigenvalue weighted by Gasteiger charge is -2.19. The first-order valence-corrected chi connectivity index (χ1v) is 9.30. The predicted octanol–water partition coefficient (Wildman–Crippen LogP) is 5.39. The number of aryl methyl sites for hydroxylation is 2. The van der Waals surface area contributed by atoms with Crippen molar-refractivity contribution in [1.82, 2.24) is 9.97 Å². The van der Waals surface area contributed by atoms with Crippen molar-refractivity contribution in [2.24, 2.45) is 0 Å². The van der Waals surface area contributed by atoms with Crippen molar-refractivity contribution in [3.63, 3.8) is 0 Å². The zero-order valence-corrected chi connectivity index (χ0v) is 17.0. The average Bonchev–Trinajstić information content (AvgIpc) is 2.61. The Balaban J connectivity index is 1.66. The van der Waals surface area contributed by atoms with E-state index >= 15 is 0 Å². The SMILES string of the molecule is Cc1cc(C)cc(Nc2ncc(C(=O)Nc3ccc(C(C)(C)C)cc3)cn2)c1. The van der Waals surface area contributed by atoms with E-state index in [4.69, 9.17) is 0 Å². The molecule has 28 heavy (non-hydrogen) atoms. The maximum atomic E-state index is 12.4. The number of carbonyl (C=O) groups is 1. The molecule has 0 unspecified atom stereocenters. The molecule has 0 aliphatic rings. The van der Waals surface area contributed by atoms with Crippen molar-refractivity contribution < 1.29 is 4.79 Å². The van der Waals surface area contributed by atoms with Gasteiger partial charge in [-0.1, -0.05) is 39.0 Å². The van der Waals surface area contributed by atoms with Crippen LogP contribution in [0, 0.1) is 13.8 Å². The van der Waals surface area contributed by atoms with Crippen molar-refractivity contribution in [3.8, 4) is 0 Å². The van der Waals surface area contributed by atoms with E-state index < -0.39 is 0 Å². The summed E-state index contributed by atoms with van der Waals surface area (Å²) in [4.78, 5) is 21.0. The second kappa shape index (κ2) is 7.80. The Hall–Kier alpha value is -3.21. The van der Waals surface area contributed by atoms with Crippen LogP contribution in [0.1, 0.15) is 47.8 Å². The summed E-state index contributed by atoms with van der Waals surface area (Å²) < 4.78 is 0. The summed E-state index contributed by atoms with van der Waals surface area (Å²) in [6.07, 6.45) is 3.05. The van der Waals surface area contributed by atoms with Gasteiger partial charge in [-0.2, -0.15) is 0 Å². The molecule has 5 heteroatoms. The average molecular weight is 374 g/mol. The van der Waals surface area contributed by atoms with Gasteiger partial charge in [0, 0.05) is 23.8 Å². The molecule has 0 saturated carbocycles. The van der Waals surface area contributed by atoms with Crippen molar-refractivity contribution in [1.29, 1.82) is 0 Å². The van der Waals surface area contributed by atoms with Crippen LogP contribution in [0.2, 0.25) is 0 Å². The van der Waals surface area contributed by atoms with Crippen molar-refractivity contribution in [3.05, 3.63) is 77.1 Å². The molecule has 2 aromatic carbocycles. The lowest BCUT2D eigenvalue weighted by Crippen LogP contribution is -2.14. The van der Waals surface area contributed by atoms with Gasteiger partial charge in [-0.25, -0.2) is 9.97 Å². The van der Waals surface area contributed by atoms with E-state index in [1.165, 1.54) is 18.0 Å². The van der Waals surface area contributed by atoms with Crippen molar-refractivity contribution >= 4 is 23.2 Å². The lowest BCUT2D eigenvalue weighted by molar-refractivity contribution is 0.102. The summed E-state index contributed by atoms with van der Waals surface area (Å²) in [6, 6.07) is 14.0. The molecule has 1 heterocycles. The summed E-state index contributed by atoms with van der Waals surface area (Å²) >= 11 is 0. The number of carbonyl (C=O) groups excluding carboxylic acids is 1. The molecule has 0 spiro atoms. The number of amides is 1. The number of hydrogen-bond donors (Lipinski definition) is 2. The summed E-state index contributed by atoms with van der Waals surface area (Å²) in [5.74, 6) is 0.220. The highest BCUT2D eigenvalue weighted by atomic mass is 16.1. The van der Waals surface area contributed by atoms with Crippen LogP contribution >= 0.6 is 0 Å². The van der Waals surface area contributed by atoms with Crippen molar-refractivity contribution in [2.45, 2.75) is 40.0 Å². The van der Waals surface area contributed by atoms with Crippen LogP contribution in [0.4, 0.5) is 17.3 Å². The van der Waals surface area contributed by atoms with Gasteiger partial charge < -0.3 is 10.6 Å². The molecule has 5 nitrogen and oxygen atoms in total. The zero-order valence-electron chi connectivity index (χ0n) is 17.0. The highest BCUT2D eigenvalue weighted by Gasteiger charge is 2.14. The van der Waals surface area contributed by atoms with Gasteiger partial charge in [-0.3, -0.25) is 4.79 Å². The van der Waals surface area contributed by atoms with E-state index in [1.807, 2.05) is 50.2 Å². The van der Waals surface area contributed by atoms with E-state index in [-0.39, 0.29) is 11.3 Å². The number of anilines is 3. The van der Waals surface area contributed by atoms with Crippen LogP contribution in [0.25, 0.3) is 0 Å². The van der Waals surface area contributed by atoms with Crippen LogP contribution in [0.5, 0.6) is 0 Å². The van der Waals surface area contributed by atoms with Gasteiger partial charge in [0.1, 0.15) is 0 Å². The predicted molar refractivity (Wildman–Crippen MR) is 114 cm³/mol. The summed E-state index contributed by atoms with van der Waals surface area (Å²) in [7, 11) is 0. The van der Waals surface area contributed by atoms with Gasteiger partial charge >= 0.3 is 0 Å². The first kappa shape index (κ1) is 19.5. The van der Waals surface area contributed by atoms with Gasteiger partial charge in [0.05, 0.1) is 5.56 Å². The van der Waals surface area contributed by atoms with E-state index in [1.54, 1.807) is 0 Å². The quantitative estimate of drug-likeness (QED) is 0.643. The highest BCUT2D eigenvalue weighted by Crippen LogP contribution is 2.23. The number of nitrogens with one attached hydrogen (secondary N) is 2. The minimum atomic E-state index is -0.235. The highest BCUT2D eigenvalue weighted by molar-refractivity contribution is 6.03. The van der Waals surface area contributed by atoms with Crippen LogP contribution < -0.4 is 10.6 Å². The first-order chi connectivity index (χ1) is 13.2. The van der Waals surface area contributed by atoms with E-state index in [9.17, 15) is 4.79 Å². The molecule has 0 atom stereocenters. The molecule has 0 aliphatic carbocycles. The van der Waals surface area contributed by atoms with Gasteiger partial charge in [0.2, 0.25) is 5.95 Å². The number of nitrogens with zero attached hydrogens (tertiary/aromatic N) is 2. The van der Waals surface area contributed by atoms with Crippen molar-refractivity contribution in [2.75, 3.05) is 10.6 Å². The van der Waals surface area contributed by atoms with Gasteiger partial charge in [0.15, 0.2) is 0 Å². The molecular weight excluding hydrogens is 348 g/mol. The Morgan fingerprint density at radius 2 is 1.43 bits per heavy atom. The Kier molecular flexibility index (Phi) is 5.45. The van der Waals surface area contributed by atoms with E-state index in [2.05, 4.69) is 47.4 Å².